The summed E-state index contributed by atoms with van der Waals surface area (Å²) in [6.07, 6.45) is 0.804. The third-order valence-electron chi connectivity index (χ3n) is 15.3. The lowest BCUT2D eigenvalue weighted by Gasteiger charge is -2.36. The highest BCUT2D eigenvalue weighted by atomic mass is 16.5. The van der Waals surface area contributed by atoms with Gasteiger partial charge in [-0.15, -0.1) is 0 Å². The van der Waals surface area contributed by atoms with Crippen molar-refractivity contribution in [1.29, 1.82) is 0 Å². The minimum atomic E-state index is -0.874. The third kappa shape index (κ3) is 18.3. The molecule has 0 aromatic heterocycles. The van der Waals surface area contributed by atoms with E-state index in [1.165, 1.54) is 0 Å². The Hall–Kier alpha value is -9.03. The number of ether oxygens (including phenoxy) is 9. The van der Waals surface area contributed by atoms with Crippen molar-refractivity contribution in [3.8, 4) is 34.5 Å². The molecule has 0 aliphatic heterocycles. The van der Waals surface area contributed by atoms with E-state index in [1.54, 1.807) is 42.7 Å². The molecule has 9 rings (SSSR count). The maximum Gasteiger partial charge on any atom is 0.222 e. The smallest absolute Gasteiger partial charge is 0.222 e. The predicted octanol–water partition coefficient (Wildman–Crippen LogP) is 12.1. The minimum absolute atomic E-state index is 0.0212. The summed E-state index contributed by atoms with van der Waals surface area (Å²) in [7, 11) is 9.95. The summed E-state index contributed by atoms with van der Waals surface area (Å²) in [6.45, 7) is 6.88. The summed E-state index contributed by atoms with van der Waals surface area (Å²) in [6, 6.07) is 78.2. The Balaban J connectivity index is 0.000000212. The molecule has 0 fully saturated rings. The Bertz CT molecular complexity index is 3140. The van der Waals surface area contributed by atoms with E-state index in [2.05, 4.69) is 41.7 Å². The quantitative estimate of drug-likeness (QED) is 0.0228. The van der Waals surface area contributed by atoms with E-state index < -0.39 is 16.8 Å². The number of amides is 1. The van der Waals surface area contributed by atoms with Crippen molar-refractivity contribution in [3.63, 3.8) is 0 Å². The molecule has 9 aromatic rings. The van der Waals surface area contributed by atoms with Crippen molar-refractivity contribution in [3.05, 3.63) is 287 Å². The maximum absolute atomic E-state index is 12.3. The number of hydrogen-bond donors (Lipinski definition) is 5. The lowest BCUT2D eigenvalue weighted by Crippen LogP contribution is -2.37. The molecule has 9 aromatic carbocycles. The van der Waals surface area contributed by atoms with Crippen LogP contribution in [-0.2, 0) is 35.8 Å². The summed E-state index contributed by atoms with van der Waals surface area (Å²) < 4.78 is 51.7. The van der Waals surface area contributed by atoms with E-state index in [1.807, 2.05) is 214 Å². The van der Waals surface area contributed by atoms with E-state index in [-0.39, 0.29) is 18.4 Å². The number of aliphatic hydroxyl groups excluding tert-OH is 1. The molecule has 0 unspecified atom stereocenters. The number of rotatable bonds is 28. The highest BCUT2D eigenvalue weighted by Gasteiger charge is 2.40. The Labute approximate surface area is 537 Å². The molecule has 0 aliphatic rings. The van der Waals surface area contributed by atoms with Crippen LogP contribution in [0.3, 0.4) is 0 Å². The summed E-state index contributed by atoms with van der Waals surface area (Å²) in [5.41, 5.74) is 23.0. The van der Waals surface area contributed by atoms with Crippen LogP contribution >= 0.6 is 0 Å². The minimum Gasteiger partial charge on any atom is -0.497 e. The van der Waals surface area contributed by atoms with Crippen molar-refractivity contribution < 1.29 is 52.5 Å². The number of carbonyl (C=O) groups is 1. The van der Waals surface area contributed by atoms with Gasteiger partial charge >= 0.3 is 0 Å². The fraction of sp³-hybridized carbons (Fsp3) is 0.276. The van der Waals surface area contributed by atoms with Crippen LogP contribution in [0.25, 0.3) is 0 Å². The number of aliphatic hydroxyl groups is 1. The topological polar surface area (TPSA) is 210 Å². The number of nitrogens with two attached hydrogens (primary N) is 3. The van der Waals surface area contributed by atoms with Gasteiger partial charge in [0.1, 0.15) is 51.3 Å². The number of hydrogen-bond acceptors (Lipinski definition) is 14. The van der Waals surface area contributed by atoms with Gasteiger partial charge in [-0.25, -0.2) is 0 Å². The molecule has 1 amide bonds. The summed E-state index contributed by atoms with van der Waals surface area (Å²) in [5, 5.41) is 10.7. The van der Waals surface area contributed by atoms with Crippen LogP contribution in [0.4, 0.5) is 0 Å². The number of nitrogens with one attached hydrogen (secondary N) is 1. The first-order valence-electron chi connectivity index (χ1n) is 30.4. The van der Waals surface area contributed by atoms with Crippen LogP contribution in [0.1, 0.15) is 70.3 Å². The van der Waals surface area contributed by atoms with E-state index in [0.29, 0.717) is 46.0 Å². The van der Waals surface area contributed by atoms with Crippen LogP contribution in [0, 0.1) is 5.92 Å². The second-order valence-corrected chi connectivity index (χ2v) is 20.7. The molecule has 15 nitrogen and oxygen atoms in total. The number of carbonyl (C=O) groups excluding carboxylic acids is 1. The van der Waals surface area contributed by atoms with Crippen molar-refractivity contribution in [2.75, 3.05) is 95.3 Å². The van der Waals surface area contributed by atoms with Crippen molar-refractivity contribution in [2.24, 2.45) is 23.1 Å². The van der Waals surface area contributed by atoms with Gasteiger partial charge in [-0.3, -0.25) is 4.79 Å². The SMILES string of the molecule is CC[C@H](C)C(=O)NCCOC(c1ccccc1)(c1ccc(OC)cc1)c1ccc(OC)cc1.COc1ccc(C(OCCN)(c2ccccc2)c2ccc(OC)cc2)cc1.COc1ccc(C(OCCN)(c2ccccc2)c2ccc(OC)cc2)cc1.NCCO. The Morgan fingerprint density at radius 1 is 0.363 bits per heavy atom. The molecular formula is C76H90N4O11. The zero-order valence-electron chi connectivity index (χ0n) is 53.7. The van der Waals surface area contributed by atoms with Gasteiger partial charge < -0.3 is 70.3 Å². The normalized spacial score (nSPS) is 11.4. The van der Waals surface area contributed by atoms with Crippen LogP contribution < -0.4 is 50.9 Å². The van der Waals surface area contributed by atoms with Crippen molar-refractivity contribution in [1.82, 2.24) is 5.32 Å². The van der Waals surface area contributed by atoms with Gasteiger partial charge in [0, 0.05) is 32.1 Å². The molecule has 0 saturated heterocycles. The molecule has 1 atom stereocenters. The van der Waals surface area contributed by atoms with Crippen LogP contribution in [0.15, 0.2) is 237 Å². The van der Waals surface area contributed by atoms with Gasteiger partial charge in [-0.1, -0.05) is 178 Å². The maximum atomic E-state index is 12.3. The zero-order valence-corrected chi connectivity index (χ0v) is 53.7. The molecule has 15 heteroatoms. The molecule has 0 radical (unpaired) electrons. The molecule has 91 heavy (non-hydrogen) atoms. The van der Waals surface area contributed by atoms with Gasteiger partial charge in [-0.2, -0.15) is 0 Å². The second kappa shape index (κ2) is 37.2. The lowest BCUT2D eigenvalue weighted by molar-refractivity contribution is -0.125. The molecule has 0 spiro atoms. The summed E-state index contributed by atoms with van der Waals surface area (Å²) >= 11 is 0. The van der Waals surface area contributed by atoms with Crippen molar-refractivity contribution >= 4 is 5.91 Å². The molecule has 8 N–H and O–H groups in total. The fourth-order valence-electron chi connectivity index (χ4n) is 10.4. The predicted molar refractivity (Wildman–Crippen MR) is 362 cm³/mol. The van der Waals surface area contributed by atoms with Crippen molar-refractivity contribution in [2.45, 2.75) is 37.1 Å². The molecule has 0 bridgehead atoms. The molecule has 480 valence electrons. The molecular weight excluding hydrogens is 1140 g/mol. The van der Waals surface area contributed by atoms with Crippen LogP contribution in [0.2, 0.25) is 0 Å². The zero-order chi connectivity index (χ0) is 65.3. The Morgan fingerprint density at radius 2 is 0.571 bits per heavy atom. The molecule has 0 saturated carbocycles. The van der Waals surface area contributed by atoms with Gasteiger partial charge in [0.25, 0.3) is 0 Å². The van der Waals surface area contributed by atoms with E-state index >= 15 is 0 Å². The summed E-state index contributed by atoms with van der Waals surface area (Å²) in [5.74, 6) is 4.77. The first-order chi connectivity index (χ1) is 44.4. The Kier molecular flexibility index (Phi) is 29.1. The van der Waals surface area contributed by atoms with Gasteiger partial charge in [0.2, 0.25) is 5.91 Å². The summed E-state index contributed by atoms with van der Waals surface area (Å²) in [4.78, 5) is 12.3. The molecule has 0 heterocycles. The highest BCUT2D eigenvalue weighted by Crippen LogP contribution is 2.45. The fourth-order valence-corrected chi connectivity index (χ4v) is 10.4. The number of methoxy groups -OCH3 is 6. The third-order valence-corrected chi connectivity index (χ3v) is 15.3. The lowest BCUT2D eigenvalue weighted by atomic mass is 9.80. The first-order valence-corrected chi connectivity index (χ1v) is 30.4. The van der Waals surface area contributed by atoms with Gasteiger partial charge in [0.15, 0.2) is 0 Å². The monoisotopic (exact) mass is 1230 g/mol. The average molecular weight is 1240 g/mol. The largest absolute Gasteiger partial charge is 0.497 e. The van der Waals surface area contributed by atoms with Crippen LogP contribution in [0.5, 0.6) is 34.5 Å². The van der Waals surface area contributed by atoms with Gasteiger partial charge in [-0.05, 0) is 129 Å². The highest BCUT2D eigenvalue weighted by molar-refractivity contribution is 5.78. The standard InChI is InChI=1S/C28H33NO4.2C23H25NO3.C2H7NO/c1-5-21(2)27(30)29-19-20-33-28(22-9-7-6-8-10-22,23-11-15-25(31-3)16-12-23)24-13-17-26(32-4)18-14-24;2*1-25-21-12-8-19(9-13-21)23(27-17-16-24,18-6-4-3-5-7-18)20-10-14-22(26-2)15-11-20;3-1-2-4/h6-18,21H,5,19-20H2,1-4H3,(H,29,30);2*3-15H,16-17,24H2,1-2H3;4H,1-3H2/t21-;;;/m0.../s1. The van der Waals surface area contributed by atoms with E-state index in [9.17, 15) is 4.79 Å². The average Bonchev–Trinajstić information content (AvgIpc) is 0.813. The van der Waals surface area contributed by atoms with E-state index in [4.69, 9.17) is 64.9 Å². The van der Waals surface area contributed by atoms with E-state index in [0.717, 1.165) is 91.0 Å². The number of benzene rings is 9. The second-order valence-electron chi connectivity index (χ2n) is 20.7. The van der Waals surface area contributed by atoms with Crippen LogP contribution in [-0.4, -0.2) is 106 Å². The first kappa shape index (κ1) is 71.1. The van der Waals surface area contributed by atoms with Gasteiger partial charge in [0.05, 0.1) is 69.1 Å². The molecule has 0 aliphatic carbocycles. The Morgan fingerprint density at radius 3 is 0.758 bits per heavy atom.